The molecule has 0 saturated carbocycles. The van der Waals surface area contributed by atoms with Gasteiger partial charge in [-0.05, 0) is 44.5 Å². The summed E-state index contributed by atoms with van der Waals surface area (Å²) in [6.45, 7) is 5.17. The maximum absolute atomic E-state index is 11.9. The average molecular weight is 422 g/mol. The SMILES string of the molecule is COC(OC)c1cccc(-c2ccc(CC(NC(=O)OC(C)(C)C)C(=O)O)s2)c1. The first-order valence-electron chi connectivity index (χ1n) is 9.10. The Kier molecular flexibility index (Phi) is 7.78. The molecule has 0 aliphatic carbocycles. The van der Waals surface area contributed by atoms with Crippen molar-refractivity contribution < 1.29 is 28.9 Å². The number of rotatable bonds is 8. The molecule has 2 aromatic rings. The third-order valence-electron chi connectivity index (χ3n) is 3.93. The van der Waals surface area contributed by atoms with Crippen molar-refractivity contribution in [2.45, 2.75) is 45.1 Å². The van der Waals surface area contributed by atoms with E-state index in [9.17, 15) is 14.7 Å². The van der Waals surface area contributed by atoms with Crippen molar-refractivity contribution in [3.63, 3.8) is 0 Å². The van der Waals surface area contributed by atoms with E-state index in [-0.39, 0.29) is 6.42 Å². The minimum atomic E-state index is -1.11. The van der Waals surface area contributed by atoms with Crippen LogP contribution in [0.1, 0.15) is 37.5 Å². The van der Waals surface area contributed by atoms with E-state index in [1.165, 1.54) is 11.3 Å². The van der Waals surface area contributed by atoms with Crippen LogP contribution in [0.2, 0.25) is 0 Å². The Morgan fingerprint density at radius 1 is 1.14 bits per heavy atom. The van der Waals surface area contributed by atoms with E-state index in [1.807, 2.05) is 36.4 Å². The molecule has 29 heavy (non-hydrogen) atoms. The predicted octanol–water partition coefficient (Wildman–Crippen LogP) is 4.23. The molecule has 1 amide bonds. The monoisotopic (exact) mass is 421 g/mol. The fraction of sp³-hybridized carbons (Fsp3) is 0.429. The quantitative estimate of drug-likeness (QED) is 0.620. The Bertz CT molecular complexity index is 838. The number of benzene rings is 1. The first-order chi connectivity index (χ1) is 13.6. The molecule has 0 aliphatic heterocycles. The molecule has 0 saturated heterocycles. The van der Waals surface area contributed by atoms with Crippen molar-refractivity contribution in [2.75, 3.05) is 14.2 Å². The Labute approximate surface area is 174 Å². The number of carboxylic acid groups (broad SMARTS) is 1. The molecule has 0 aliphatic rings. The lowest BCUT2D eigenvalue weighted by Crippen LogP contribution is -2.44. The Morgan fingerprint density at radius 3 is 2.41 bits per heavy atom. The summed E-state index contributed by atoms with van der Waals surface area (Å²) in [5.41, 5.74) is 1.17. The van der Waals surface area contributed by atoms with Gasteiger partial charge in [-0.25, -0.2) is 9.59 Å². The van der Waals surface area contributed by atoms with Gasteiger partial charge in [-0.3, -0.25) is 0 Å². The van der Waals surface area contributed by atoms with Crippen molar-refractivity contribution in [1.29, 1.82) is 0 Å². The minimum absolute atomic E-state index is 0.164. The summed E-state index contributed by atoms with van der Waals surface area (Å²) in [7, 11) is 3.15. The zero-order valence-electron chi connectivity index (χ0n) is 17.2. The minimum Gasteiger partial charge on any atom is -0.480 e. The van der Waals surface area contributed by atoms with E-state index in [1.54, 1.807) is 35.0 Å². The van der Waals surface area contributed by atoms with Crippen LogP contribution in [-0.4, -0.2) is 43.0 Å². The van der Waals surface area contributed by atoms with E-state index in [2.05, 4.69) is 5.32 Å². The van der Waals surface area contributed by atoms with Crippen LogP contribution in [0.5, 0.6) is 0 Å². The number of amides is 1. The van der Waals surface area contributed by atoms with Crippen LogP contribution in [0.25, 0.3) is 10.4 Å². The molecule has 1 aromatic heterocycles. The molecular formula is C21H27NO6S. The maximum Gasteiger partial charge on any atom is 0.408 e. The summed E-state index contributed by atoms with van der Waals surface area (Å²) in [6, 6.07) is 10.5. The predicted molar refractivity (Wildman–Crippen MR) is 111 cm³/mol. The number of alkyl carbamates (subject to hydrolysis) is 1. The molecule has 0 spiro atoms. The zero-order chi connectivity index (χ0) is 21.6. The molecule has 158 valence electrons. The molecular weight excluding hydrogens is 394 g/mol. The fourth-order valence-electron chi connectivity index (χ4n) is 2.70. The van der Waals surface area contributed by atoms with E-state index in [4.69, 9.17) is 14.2 Å². The second-order valence-corrected chi connectivity index (χ2v) is 8.60. The first kappa shape index (κ1) is 22.9. The molecule has 1 aromatic carbocycles. The zero-order valence-corrected chi connectivity index (χ0v) is 18.0. The van der Waals surface area contributed by atoms with Crippen LogP contribution in [0.4, 0.5) is 4.79 Å². The molecule has 0 bridgehead atoms. The van der Waals surface area contributed by atoms with E-state index in [0.29, 0.717) is 0 Å². The highest BCUT2D eigenvalue weighted by Gasteiger charge is 2.25. The molecule has 7 nitrogen and oxygen atoms in total. The van der Waals surface area contributed by atoms with Gasteiger partial charge in [-0.1, -0.05) is 18.2 Å². The average Bonchev–Trinajstić information content (AvgIpc) is 3.09. The van der Waals surface area contributed by atoms with E-state index >= 15 is 0 Å². The van der Waals surface area contributed by atoms with Crippen LogP contribution < -0.4 is 5.32 Å². The standard InChI is InChI=1S/C21H27NO6S/c1-21(2,3)28-20(25)22-16(18(23)24)12-15-9-10-17(29-15)13-7-6-8-14(11-13)19(26-4)27-5/h6-11,16,19H,12H2,1-5H3,(H,22,25)(H,23,24). The second-order valence-electron chi connectivity index (χ2n) is 7.44. The lowest BCUT2D eigenvalue weighted by atomic mass is 10.1. The summed E-state index contributed by atoms with van der Waals surface area (Å²) in [5, 5.41) is 11.9. The number of aliphatic carboxylic acids is 1. The van der Waals surface area contributed by atoms with Gasteiger partial charge >= 0.3 is 12.1 Å². The van der Waals surface area contributed by atoms with Gasteiger partial charge < -0.3 is 24.6 Å². The lowest BCUT2D eigenvalue weighted by Gasteiger charge is -2.21. The van der Waals surface area contributed by atoms with Crippen molar-refractivity contribution in [2.24, 2.45) is 0 Å². The molecule has 2 rings (SSSR count). The summed E-state index contributed by atoms with van der Waals surface area (Å²) in [6.07, 6.45) is -1.04. The topological polar surface area (TPSA) is 94.1 Å². The van der Waals surface area contributed by atoms with Crippen molar-refractivity contribution in [1.82, 2.24) is 5.32 Å². The maximum atomic E-state index is 11.9. The van der Waals surface area contributed by atoms with E-state index in [0.717, 1.165) is 20.9 Å². The lowest BCUT2D eigenvalue weighted by molar-refractivity contribution is -0.139. The summed E-state index contributed by atoms with van der Waals surface area (Å²) in [5.74, 6) is -1.11. The van der Waals surface area contributed by atoms with Crippen LogP contribution in [0.3, 0.4) is 0 Å². The molecule has 1 atom stereocenters. The number of carbonyl (C=O) groups is 2. The van der Waals surface area contributed by atoms with E-state index < -0.39 is 30.0 Å². The number of hydrogen-bond donors (Lipinski definition) is 2. The van der Waals surface area contributed by atoms with Crippen molar-refractivity contribution in [3.8, 4) is 10.4 Å². The van der Waals surface area contributed by atoms with Gasteiger partial charge in [0.05, 0.1) is 0 Å². The van der Waals surface area contributed by atoms with Crippen molar-refractivity contribution in [3.05, 3.63) is 46.8 Å². The number of carboxylic acids is 1. The van der Waals surface area contributed by atoms with Gasteiger partial charge in [0.2, 0.25) is 0 Å². The molecule has 0 fully saturated rings. The summed E-state index contributed by atoms with van der Waals surface area (Å²) < 4.78 is 15.7. The Morgan fingerprint density at radius 2 is 1.83 bits per heavy atom. The van der Waals surface area contributed by atoms with Gasteiger partial charge in [0.1, 0.15) is 11.6 Å². The molecule has 1 unspecified atom stereocenters. The number of nitrogens with one attached hydrogen (secondary N) is 1. The van der Waals surface area contributed by atoms with Crippen molar-refractivity contribution >= 4 is 23.4 Å². The van der Waals surface area contributed by atoms with Gasteiger partial charge in [0, 0.05) is 36.0 Å². The number of methoxy groups -OCH3 is 2. The molecule has 0 radical (unpaired) electrons. The largest absolute Gasteiger partial charge is 0.480 e. The van der Waals surface area contributed by atoms with Crippen LogP contribution in [0, 0.1) is 0 Å². The third-order valence-corrected chi connectivity index (χ3v) is 5.08. The van der Waals surface area contributed by atoms with Gasteiger partial charge in [0.15, 0.2) is 6.29 Å². The Hall–Kier alpha value is -2.42. The normalized spacial score (nSPS) is 12.6. The van der Waals surface area contributed by atoms with Crippen LogP contribution in [-0.2, 0) is 25.4 Å². The highest BCUT2D eigenvalue weighted by atomic mass is 32.1. The van der Waals surface area contributed by atoms with Crippen LogP contribution >= 0.6 is 11.3 Å². The molecule has 1 heterocycles. The number of ether oxygens (including phenoxy) is 3. The third kappa shape index (κ3) is 6.85. The Balaban J connectivity index is 2.13. The number of hydrogen-bond acceptors (Lipinski definition) is 6. The smallest absolute Gasteiger partial charge is 0.408 e. The highest BCUT2D eigenvalue weighted by molar-refractivity contribution is 7.15. The second kappa shape index (κ2) is 9.87. The summed E-state index contributed by atoms with van der Waals surface area (Å²) >= 11 is 1.47. The summed E-state index contributed by atoms with van der Waals surface area (Å²) in [4.78, 5) is 25.3. The molecule has 2 N–H and O–H groups in total. The van der Waals surface area contributed by atoms with Crippen LogP contribution in [0.15, 0.2) is 36.4 Å². The highest BCUT2D eigenvalue weighted by Crippen LogP contribution is 2.31. The number of carbonyl (C=O) groups excluding carboxylic acids is 1. The fourth-order valence-corrected chi connectivity index (χ4v) is 3.75. The first-order valence-corrected chi connectivity index (χ1v) is 9.91. The number of thiophene rings is 1. The van der Waals surface area contributed by atoms with Gasteiger partial charge in [0.25, 0.3) is 0 Å². The molecule has 8 heteroatoms. The van der Waals surface area contributed by atoms with Gasteiger partial charge in [-0.15, -0.1) is 11.3 Å². The van der Waals surface area contributed by atoms with Gasteiger partial charge in [-0.2, -0.15) is 0 Å².